The maximum absolute atomic E-state index is 13.8. The van der Waals surface area contributed by atoms with Crippen molar-refractivity contribution in [2.45, 2.75) is 33.2 Å². The molecule has 0 unspecified atom stereocenters. The number of aromatic carboxylic acids is 1. The summed E-state index contributed by atoms with van der Waals surface area (Å²) in [6.45, 7) is 8.48. The number of rotatable bonds is 5. The molecule has 12 heteroatoms. The number of amides is 1. The van der Waals surface area contributed by atoms with Gasteiger partial charge in [0.05, 0.1) is 24.2 Å². The summed E-state index contributed by atoms with van der Waals surface area (Å²) >= 11 is 7.90. The largest absolute Gasteiger partial charge is 0.478 e. The van der Waals surface area contributed by atoms with Crippen LogP contribution in [0, 0.1) is 32.6 Å². The summed E-state index contributed by atoms with van der Waals surface area (Å²) in [4.78, 5) is 35.9. The Morgan fingerprint density at radius 1 is 1.07 bits per heavy atom. The van der Waals surface area contributed by atoms with E-state index in [1.54, 1.807) is 29.5 Å². The Morgan fingerprint density at radius 3 is 2.49 bits per heavy atom. The lowest BCUT2D eigenvalue weighted by atomic mass is 9.99. The van der Waals surface area contributed by atoms with E-state index < -0.39 is 12.0 Å². The summed E-state index contributed by atoms with van der Waals surface area (Å²) in [7, 11) is 0. The van der Waals surface area contributed by atoms with Crippen LogP contribution < -0.4 is 10.6 Å². The van der Waals surface area contributed by atoms with Gasteiger partial charge in [-0.1, -0.05) is 35.6 Å². The Morgan fingerprint density at radius 2 is 1.80 bits per heavy atom. The molecule has 1 amide bonds. The number of aryl methyl sites for hydroxylation is 2. The molecule has 4 heterocycles. The number of carbonyl (C=O) groups is 2. The minimum atomic E-state index is -1.04. The third kappa shape index (κ3) is 5.84. The fourth-order valence-electron chi connectivity index (χ4n) is 5.81. The molecular weight excluding hydrogens is 610 g/mol. The molecule has 230 valence electrons. The summed E-state index contributed by atoms with van der Waals surface area (Å²) in [5.41, 5.74) is 10.8. The van der Waals surface area contributed by atoms with Gasteiger partial charge >= 0.3 is 5.97 Å². The fraction of sp³-hybridized carbons (Fsp3) is 0.303. The van der Waals surface area contributed by atoms with E-state index in [1.165, 1.54) is 4.88 Å². The second-order valence-corrected chi connectivity index (χ2v) is 12.7. The van der Waals surface area contributed by atoms with Crippen LogP contribution in [0.4, 0.5) is 5.69 Å². The number of hydrogen-bond donors (Lipinski definition) is 2. The predicted octanol–water partition coefficient (Wildman–Crippen LogP) is 4.55. The summed E-state index contributed by atoms with van der Waals surface area (Å²) in [5, 5.41) is 20.1. The summed E-state index contributed by atoms with van der Waals surface area (Å²) in [6.07, 6.45) is 0.147. The molecule has 2 aromatic carbocycles. The Kier molecular flexibility index (Phi) is 8.46. The highest BCUT2D eigenvalue weighted by Gasteiger charge is 2.34. The van der Waals surface area contributed by atoms with Gasteiger partial charge in [-0.25, -0.2) is 4.79 Å². The molecule has 0 aliphatic carbocycles. The zero-order valence-corrected chi connectivity index (χ0v) is 26.7. The molecule has 4 aromatic rings. The van der Waals surface area contributed by atoms with E-state index in [2.05, 4.69) is 40.8 Å². The zero-order chi connectivity index (χ0) is 31.8. The van der Waals surface area contributed by atoms with Gasteiger partial charge in [0, 0.05) is 58.5 Å². The molecule has 0 spiro atoms. The van der Waals surface area contributed by atoms with Crippen LogP contribution in [0.3, 0.4) is 0 Å². The molecule has 6 rings (SSSR count). The fourth-order valence-corrected chi connectivity index (χ4v) is 7.15. The maximum atomic E-state index is 13.8. The van der Waals surface area contributed by atoms with Crippen molar-refractivity contribution in [3.05, 3.63) is 91.8 Å². The number of hydrogen-bond acceptors (Lipinski definition) is 8. The molecule has 1 fully saturated rings. The summed E-state index contributed by atoms with van der Waals surface area (Å²) in [6, 6.07) is 12.2. The second kappa shape index (κ2) is 12.5. The highest BCUT2D eigenvalue weighted by molar-refractivity contribution is 7.15. The van der Waals surface area contributed by atoms with Crippen molar-refractivity contribution in [1.29, 1.82) is 0 Å². The van der Waals surface area contributed by atoms with E-state index >= 15 is 0 Å². The van der Waals surface area contributed by atoms with Crippen molar-refractivity contribution < 1.29 is 14.7 Å². The number of aliphatic imine (C=N–C) groups is 1. The van der Waals surface area contributed by atoms with E-state index in [4.69, 9.17) is 22.3 Å². The first-order chi connectivity index (χ1) is 21.7. The number of nitrogens with two attached hydrogens (primary N) is 1. The number of halogens is 1. The third-order valence-corrected chi connectivity index (χ3v) is 9.73. The van der Waals surface area contributed by atoms with Crippen molar-refractivity contribution in [3.63, 3.8) is 0 Å². The van der Waals surface area contributed by atoms with Gasteiger partial charge in [0.15, 0.2) is 5.82 Å². The number of benzene rings is 2. The van der Waals surface area contributed by atoms with E-state index in [0.29, 0.717) is 42.6 Å². The van der Waals surface area contributed by atoms with E-state index in [1.807, 2.05) is 40.7 Å². The number of thiophene rings is 1. The first-order valence-corrected chi connectivity index (χ1v) is 15.8. The average Bonchev–Trinajstić information content (AvgIpc) is 3.51. The molecule has 45 heavy (non-hydrogen) atoms. The van der Waals surface area contributed by atoms with Crippen LogP contribution in [0.5, 0.6) is 0 Å². The first-order valence-electron chi connectivity index (χ1n) is 14.6. The van der Waals surface area contributed by atoms with Crippen molar-refractivity contribution >= 4 is 46.2 Å². The number of aromatic nitrogens is 3. The minimum absolute atomic E-state index is 0.0139. The van der Waals surface area contributed by atoms with Gasteiger partial charge in [0.25, 0.3) is 0 Å². The molecule has 0 bridgehead atoms. The lowest BCUT2D eigenvalue weighted by Gasteiger charge is -2.36. The van der Waals surface area contributed by atoms with Gasteiger partial charge in [0.1, 0.15) is 16.9 Å². The van der Waals surface area contributed by atoms with Crippen LogP contribution in [-0.2, 0) is 4.79 Å². The Hall–Kier alpha value is -4.50. The maximum Gasteiger partial charge on any atom is 0.336 e. The number of piperazine rings is 1. The molecule has 3 N–H and O–H groups in total. The molecule has 0 saturated carbocycles. The van der Waals surface area contributed by atoms with Crippen molar-refractivity contribution in [3.8, 4) is 16.8 Å². The quantitative estimate of drug-likeness (QED) is 0.306. The Bertz CT molecular complexity index is 1890. The standard InChI is InChI=1S/C33H32ClN7O3S/c1-19-20(2)45-32-29(19)30(22-6-8-24(34)9-7-22)36-27(31-38-37-21(3)41(31)32)18-28(42)40-15-13-39(14-16-40)25-10-11-26(33(43)44)23(17-25)5-4-12-35/h6-11,17,27H,12-16,18,35H2,1-3H3,(H,43,44)/t27-/m0/s1. The van der Waals surface area contributed by atoms with Gasteiger partial charge < -0.3 is 20.6 Å². The van der Waals surface area contributed by atoms with E-state index in [9.17, 15) is 14.7 Å². The van der Waals surface area contributed by atoms with Crippen LogP contribution in [0.15, 0.2) is 47.5 Å². The molecule has 1 saturated heterocycles. The smallest absolute Gasteiger partial charge is 0.336 e. The highest BCUT2D eigenvalue weighted by atomic mass is 35.5. The minimum Gasteiger partial charge on any atom is -0.478 e. The molecule has 1 atom stereocenters. The van der Waals surface area contributed by atoms with Gasteiger partial charge in [-0.3, -0.25) is 14.4 Å². The molecule has 2 aromatic heterocycles. The molecule has 2 aliphatic heterocycles. The van der Waals surface area contributed by atoms with E-state index in [-0.39, 0.29) is 24.4 Å². The first kappa shape index (κ1) is 30.5. The van der Waals surface area contributed by atoms with E-state index in [0.717, 1.165) is 38.9 Å². The molecule has 2 aliphatic rings. The van der Waals surface area contributed by atoms with Crippen LogP contribution in [-0.4, -0.2) is 75.1 Å². The third-order valence-electron chi connectivity index (χ3n) is 8.28. The summed E-state index contributed by atoms with van der Waals surface area (Å²) in [5.74, 6) is 5.96. The van der Waals surface area contributed by atoms with Crippen LogP contribution >= 0.6 is 22.9 Å². The SMILES string of the molecule is Cc1sc2c(c1C)C(c1ccc(Cl)cc1)=N[C@@H](CC(=O)N1CCN(c3ccc(C(=O)O)c(C#CCN)c3)CC1)c1nnc(C)n1-2. The second-order valence-electron chi connectivity index (χ2n) is 11.0. The number of nitrogens with zero attached hydrogens (tertiary/aromatic N) is 6. The van der Waals surface area contributed by atoms with Gasteiger partial charge in [-0.05, 0) is 56.7 Å². The van der Waals surface area contributed by atoms with Crippen molar-refractivity contribution in [1.82, 2.24) is 19.7 Å². The van der Waals surface area contributed by atoms with Crippen LogP contribution in [0.25, 0.3) is 5.00 Å². The van der Waals surface area contributed by atoms with Gasteiger partial charge in [-0.2, -0.15) is 0 Å². The highest BCUT2D eigenvalue weighted by Crippen LogP contribution is 2.39. The van der Waals surface area contributed by atoms with Gasteiger partial charge in [-0.15, -0.1) is 21.5 Å². The van der Waals surface area contributed by atoms with Crippen LogP contribution in [0.1, 0.15) is 61.6 Å². The number of carbonyl (C=O) groups excluding carboxylic acids is 1. The lowest BCUT2D eigenvalue weighted by molar-refractivity contribution is -0.131. The molecule has 0 radical (unpaired) electrons. The summed E-state index contributed by atoms with van der Waals surface area (Å²) < 4.78 is 2.05. The number of fused-ring (bicyclic) bond motifs is 3. The predicted molar refractivity (Wildman–Crippen MR) is 176 cm³/mol. The molecule has 10 nitrogen and oxygen atoms in total. The average molecular weight is 642 g/mol. The number of carboxylic acids is 1. The molecular formula is C33H32ClN7O3S. The van der Waals surface area contributed by atoms with Crippen LogP contribution in [0.2, 0.25) is 5.02 Å². The number of anilines is 1. The van der Waals surface area contributed by atoms with Crippen molar-refractivity contribution in [2.75, 3.05) is 37.6 Å². The topological polar surface area (TPSA) is 130 Å². The Balaban J connectivity index is 1.26. The number of carboxylic acid groups (broad SMARTS) is 1. The Labute approximate surface area is 270 Å². The van der Waals surface area contributed by atoms with Crippen molar-refractivity contribution in [2.24, 2.45) is 10.7 Å². The normalized spacial score (nSPS) is 15.8. The lowest BCUT2D eigenvalue weighted by Crippen LogP contribution is -2.49. The monoisotopic (exact) mass is 641 g/mol. The van der Waals surface area contributed by atoms with Gasteiger partial charge in [0.2, 0.25) is 5.91 Å². The zero-order valence-electron chi connectivity index (χ0n) is 25.2.